The summed E-state index contributed by atoms with van der Waals surface area (Å²) in [6.07, 6.45) is 2.63. The SMILES string of the molecule is N#Cc1ccnc(OCC(=O)N2CCC(c3nc(C4=NOC(c5c(Cl)cccc5CS(=O)(=O)O)C4)cs3)CC2)n1. The molecule has 0 saturated carbocycles. The van der Waals surface area contributed by atoms with Gasteiger partial charge < -0.3 is 14.5 Å². The molecule has 0 bridgehead atoms. The molecule has 0 spiro atoms. The topological polar surface area (TPSA) is 168 Å². The molecular weight excluding hydrogens is 580 g/mol. The van der Waals surface area contributed by atoms with Gasteiger partial charge in [-0.3, -0.25) is 9.35 Å². The van der Waals surface area contributed by atoms with Crippen LogP contribution in [0.5, 0.6) is 6.01 Å². The van der Waals surface area contributed by atoms with Crippen LogP contribution in [-0.4, -0.2) is 64.1 Å². The van der Waals surface area contributed by atoms with Gasteiger partial charge >= 0.3 is 6.01 Å². The smallest absolute Gasteiger partial charge is 0.318 e. The average Bonchev–Trinajstić information content (AvgIpc) is 3.62. The zero-order valence-electron chi connectivity index (χ0n) is 20.9. The molecule has 1 atom stereocenters. The predicted molar refractivity (Wildman–Crippen MR) is 145 cm³/mol. The number of benzene rings is 1. The largest absolute Gasteiger partial charge is 0.453 e. The van der Waals surface area contributed by atoms with Crippen molar-refractivity contribution in [2.45, 2.75) is 37.0 Å². The molecule has 12 nitrogen and oxygen atoms in total. The van der Waals surface area contributed by atoms with Crippen LogP contribution in [0.15, 0.2) is 41.0 Å². The van der Waals surface area contributed by atoms with Gasteiger partial charge in [-0.15, -0.1) is 11.3 Å². The molecule has 208 valence electrons. The highest BCUT2D eigenvalue weighted by atomic mass is 35.5. The fourth-order valence-electron chi connectivity index (χ4n) is 4.62. The highest BCUT2D eigenvalue weighted by Gasteiger charge is 2.31. The van der Waals surface area contributed by atoms with Gasteiger partial charge in [0.1, 0.15) is 23.2 Å². The second-order valence-corrected chi connectivity index (χ2v) is 12.0. The van der Waals surface area contributed by atoms with Crippen molar-refractivity contribution in [3.05, 3.63) is 68.4 Å². The molecule has 40 heavy (non-hydrogen) atoms. The number of hydrogen-bond donors (Lipinski definition) is 1. The maximum absolute atomic E-state index is 12.6. The molecule has 1 saturated heterocycles. The Morgan fingerprint density at radius 2 is 2.08 bits per heavy atom. The minimum Gasteiger partial charge on any atom is -0.453 e. The molecule has 1 N–H and O–H groups in total. The fourth-order valence-corrected chi connectivity index (χ4v) is 6.58. The average molecular weight is 603 g/mol. The Morgan fingerprint density at radius 1 is 1.27 bits per heavy atom. The number of nitriles is 1. The molecule has 2 aromatic heterocycles. The van der Waals surface area contributed by atoms with E-state index in [0.29, 0.717) is 47.1 Å². The summed E-state index contributed by atoms with van der Waals surface area (Å²) >= 11 is 7.88. The van der Waals surface area contributed by atoms with Crippen molar-refractivity contribution < 1.29 is 27.3 Å². The van der Waals surface area contributed by atoms with Gasteiger partial charge in [0.25, 0.3) is 16.0 Å². The summed E-state index contributed by atoms with van der Waals surface area (Å²) in [5.74, 6) is -0.572. The van der Waals surface area contributed by atoms with E-state index >= 15 is 0 Å². The molecule has 5 rings (SSSR count). The van der Waals surface area contributed by atoms with Gasteiger partial charge in [-0.25, -0.2) is 9.97 Å². The zero-order valence-corrected chi connectivity index (χ0v) is 23.3. The Balaban J connectivity index is 1.16. The number of amides is 1. The van der Waals surface area contributed by atoms with Crippen LogP contribution in [0.3, 0.4) is 0 Å². The monoisotopic (exact) mass is 602 g/mol. The van der Waals surface area contributed by atoms with Crippen LogP contribution in [0, 0.1) is 11.3 Å². The molecule has 15 heteroatoms. The number of thiazole rings is 1. The zero-order chi connectivity index (χ0) is 28.3. The molecule has 1 unspecified atom stereocenters. The van der Waals surface area contributed by atoms with Gasteiger partial charge in [-0.2, -0.15) is 18.7 Å². The number of hydrogen-bond acceptors (Lipinski definition) is 11. The van der Waals surface area contributed by atoms with E-state index < -0.39 is 22.0 Å². The molecule has 2 aliphatic heterocycles. The summed E-state index contributed by atoms with van der Waals surface area (Å²) in [6.45, 7) is 0.894. The molecular formula is C25H23ClN6O6S2. The molecule has 1 aromatic carbocycles. The first-order valence-corrected chi connectivity index (χ1v) is 15.1. The van der Waals surface area contributed by atoms with E-state index in [-0.39, 0.29) is 30.1 Å². The maximum Gasteiger partial charge on any atom is 0.318 e. The van der Waals surface area contributed by atoms with E-state index in [1.807, 2.05) is 11.4 Å². The summed E-state index contributed by atoms with van der Waals surface area (Å²) in [5, 5.41) is 16.3. The lowest BCUT2D eigenvalue weighted by molar-refractivity contribution is -0.134. The fraction of sp³-hybridized carbons (Fsp3) is 0.360. The quantitative estimate of drug-likeness (QED) is 0.377. The van der Waals surface area contributed by atoms with E-state index in [1.54, 1.807) is 23.1 Å². The third-order valence-electron chi connectivity index (χ3n) is 6.56. The van der Waals surface area contributed by atoms with E-state index in [4.69, 9.17) is 31.4 Å². The number of piperidine rings is 1. The lowest BCUT2D eigenvalue weighted by atomic mass is 9.97. The number of rotatable bonds is 8. The van der Waals surface area contributed by atoms with Crippen LogP contribution in [0.2, 0.25) is 5.02 Å². The molecule has 0 aliphatic carbocycles. The van der Waals surface area contributed by atoms with Gasteiger partial charge in [0.2, 0.25) is 0 Å². The summed E-state index contributed by atoms with van der Waals surface area (Å²) in [6, 6.07) is 8.18. The summed E-state index contributed by atoms with van der Waals surface area (Å²) in [4.78, 5) is 32.5. The van der Waals surface area contributed by atoms with Gasteiger partial charge in [-0.05, 0) is 30.5 Å². The van der Waals surface area contributed by atoms with Crippen molar-refractivity contribution in [2.24, 2.45) is 5.16 Å². The van der Waals surface area contributed by atoms with Crippen molar-refractivity contribution in [3.8, 4) is 12.1 Å². The van der Waals surface area contributed by atoms with Crippen molar-refractivity contribution in [1.82, 2.24) is 19.9 Å². The van der Waals surface area contributed by atoms with Crippen LogP contribution in [0.4, 0.5) is 0 Å². The molecule has 1 fully saturated rings. The summed E-state index contributed by atoms with van der Waals surface area (Å²) < 4.78 is 37.7. The van der Waals surface area contributed by atoms with Crippen molar-refractivity contribution >= 4 is 44.7 Å². The molecule has 4 heterocycles. The van der Waals surface area contributed by atoms with Crippen molar-refractivity contribution in [3.63, 3.8) is 0 Å². The molecule has 0 radical (unpaired) electrons. The Morgan fingerprint density at radius 3 is 2.83 bits per heavy atom. The number of aromatic nitrogens is 3. The Kier molecular flexibility index (Phi) is 8.27. The number of carbonyl (C=O) groups is 1. The molecule has 2 aliphatic rings. The molecule has 3 aromatic rings. The summed E-state index contributed by atoms with van der Waals surface area (Å²) in [7, 11) is -4.26. The Labute approximate surface area is 239 Å². The van der Waals surface area contributed by atoms with Crippen LogP contribution in [0.25, 0.3) is 0 Å². The third kappa shape index (κ3) is 6.56. The Hall–Kier alpha value is -3.64. The first kappa shape index (κ1) is 27.9. The van der Waals surface area contributed by atoms with E-state index in [2.05, 4.69) is 15.1 Å². The van der Waals surface area contributed by atoms with Crippen LogP contribution in [0.1, 0.15) is 58.8 Å². The van der Waals surface area contributed by atoms with Crippen LogP contribution < -0.4 is 4.74 Å². The highest BCUT2D eigenvalue weighted by molar-refractivity contribution is 7.85. The second-order valence-electron chi connectivity index (χ2n) is 9.23. The van der Waals surface area contributed by atoms with Gasteiger partial charge in [-0.1, -0.05) is 28.9 Å². The van der Waals surface area contributed by atoms with Crippen molar-refractivity contribution in [1.29, 1.82) is 5.26 Å². The first-order chi connectivity index (χ1) is 19.2. The highest BCUT2D eigenvalue weighted by Crippen LogP contribution is 2.38. The van der Waals surface area contributed by atoms with Gasteiger partial charge in [0.05, 0.1) is 10.7 Å². The molecule has 1 amide bonds. The van der Waals surface area contributed by atoms with Crippen molar-refractivity contribution in [2.75, 3.05) is 19.7 Å². The maximum atomic E-state index is 12.6. The minimum absolute atomic E-state index is 0.0113. The number of oxime groups is 1. The number of likely N-dealkylation sites (tertiary alicyclic amines) is 1. The predicted octanol–water partition coefficient (Wildman–Crippen LogP) is 3.50. The lowest BCUT2D eigenvalue weighted by Crippen LogP contribution is -2.40. The van der Waals surface area contributed by atoms with E-state index in [1.165, 1.54) is 23.6 Å². The normalized spacial score (nSPS) is 17.7. The Bertz CT molecular complexity index is 1600. The number of halogens is 1. The van der Waals surface area contributed by atoms with Crippen LogP contribution in [-0.2, 0) is 25.5 Å². The van der Waals surface area contributed by atoms with E-state index in [0.717, 1.165) is 17.8 Å². The number of nitrogens with zero attached hydrogens (tertiary/aromatic N) is 6. The number of ether oxygens (including phenoxy) is 1. The second kappa shape index (κ2) is 11.8. The third-order valence-corrected chi connectivity index (χ3v) is 8.57. The van der Waals surface area contributed by atoms with E-state index in [9.17, 15) is 17.8 Å². The van der Waals surface area contributed by atoms with Crippen LogP contribution >= 0.6 is 22.9 Å². The first-order valence-electron chi connectivity index (χ1n) is 12.2. The van der Waals surface area contributed by atoms with Gasteiger partial charge in [0.15, 0.2) is 12.7 Å². The minimum atomic E-state index is -4.26. The number of carbonyl (C=O) groups excluding carboxylic acids is 1. The summed E-state index contributed by atoms with van der Waals surface area (Å²) in [5.41, 5.74) is 2.29. The lowest BCUT2D eigenvalue weighted by Gasteiger charge is -2.31. The standard InChI is InChI=1S/C25H23ClN6O6S2/c26-18-3-1-2-16(14-40(34,35)36)23(18)21-10-19(31-38-21)20-13-39-24(30-20)15-5-8-32(9-6-15)22(33)12-37-25-28-7-4-17(11-27)29-25/h1-4,7,13,15,21H,5-6,8-10,12,14H2,(H,34,35,36). The van der Waals surface area contributed by atoms with Gasteiger partial charge in [0, 0.05) is 47.6 Å².